The Labute approximate surface area is 308 Å². The summed E-state index contributed by atoms with van der Waals surface area (Å²) in [6.45, 7) is 1.97. The van der Waals surface area contributed by atoms with Gasteiger partial charge in [-0.2, -0.15) is 5.01 Å². The minimum atomic E-state index is -1.48. The number of hydrogen-bond donors (Lipinski definition) is 2. The van der Waals surface area contributed by atoms with E-state index in [1.165, 1.54) is 22.3 Å². The minimum absolute atomic E-state index is 0.0918. The molecule has 260 valence electrons. The predicted octanol–water partition coefficient (Wildman–Crippen LogP) is 7.26. The van der Waals surface area contributed by atoms with Crippen molar-refractivity contribution >= 4 is 63.9 Å². The summed E-state index contributed by atoms with van der Waals surface area (Å²) in [6.07, 6.45) is 2.50. The van der Waals surface area contributed by atoms with Gasteiger partial charge in [-0.1, -0.05) is 65.2 Å². The highest BCUT2D eigenvalue weighted by Crippen LogP contribution is 2.64. The van der Waals surface area contributed by atoms with Gasteiger partial charge in [0.2, 0.25) is 11.8 Å². The summed E-state index contributed by atoms with van der Waals surface area (Å²) in [5, 5.41) is 14.2. The quantitative estimate of drug-likeness (QED) is 0.151. The van der Waals surface area contributed by atoms with Crippen LogP contribution in [-0.2, 0) is 31.1 Å². The summed E-state index contributed by atoms with van der Waals surface area (Å²) >= 11 is 14.2. The molecule has 3 heterocycles. The predicted molar refractivity (Wildman–Crippen MR) is 193 cm³/mol. The summed E-state index contributed by atoms with van der Waals surface area (Å²) in [7, 11) is 1.56. The third kappa shape index (κ3) is 5.10. The van der Waals surface area contributed by atoms with E-state index in [9.17, 15) is 19.5 Å². The second-order valence-electron chi connectivity index (χ2n) is 13.6. The Morgan fingerprint density at radius 3 is 2.43 bits per heavy atom. The lowest BCUT2D eigenvalue weighted by Gasteiger charge is -2.50. The number of aromatic hydroxyl groups is 1. The van der Waals surface area contributed by atoms with E-state index in [0.29, 0.717) is 39.6 Å². The molecule has 2 saturated heterocycles. The zero-order chi connectivity index (χ0) is 35.8. The Bertz CT molecular complexity index is 2140. The molecule has 9 nitrogen and oxygen atoms in total. The molecule has 6 atom stereocenters. The number of thiophene rings is 1. The second kappa shape index (κ2) is 12.5. The molecule has 1 aromatic heterocycles. The van der Waals surface area contributed by atoms with Crippen molar-refractivity contribution in [1.82, 2.24) is 9.91 Å². The molecule has 4 aromatic rings. The van der Waals surface area contributed by atoms with E-state index in [-0.39, 0.29) is 35.6 Å². The monoisotopic (exact) mass is 741 g/mol. The van der Waals surface area contributed by atoms with E-state index in [1.807, 2.05) is 41.8 Å². The number of methoxy groups -OCH3 is 1. The Balaban J connectivity index is 1.32. The molecule has 0 radical (unpaired) electrons. The Kier molecular flexibility index (Phi) is 8.24. The lowest BCUT2D eigenvalue weighted by Crippen LogP contribution is -2.53. The number of halogens is 2. The molecule has 3 fully saturated rings. The number of hydrogen-bond acceptors (Lipinski definition) is 8. The molecule has 3 aromatic carbocycles. The van der Waals surface area contributed by atoms with Crippen LogP contribution in [0.5, 0.6) is 11.5 Å². The van der Waals surface area contributed by atoms with Gasteiger partial charge in [0, 0.05) is 15.8 Å². The first kappa shape index (κ1) is 33.5. The summed E-state index contributed by atoms with van der Waals surface area (Å²) in [5.74, 6) is -4.20. The molecule has 0 spiro atoms. The molecule has 6 unspecified atom stereocenters. The lowest BCUT2D eigenvalue weighted by molar-refractivity contribution is -0.141. The number of fused-ring (bicyclic) bond motifs is 4. The smallest absolute Gasteiger partial charge is 0.260 e. The molecule has 51 heavy (non-hydrogen) atoms. The normalized spacial score (nSPS) is 26.9. The van der Waals surface area contributed by atoms with Gasteiger partial charge in [-0.15, -0.1) is 11.3 Å². The van der Waals surface area contributed by atoms with Gasteiger partial charge >= 0.3 is 0 Å². The van der Waals surface area contributed by atoms with Crippen LogP contribution in [0, 0.1) is 30.6 Å². The van der Waals surface area contributed by atoms with Gasteiger partial charge in [0.1, 0.15) is 11.5 Å². The molecule has 8 rings (SSSR count). The van der Waals surface area contributed by atoms with E-state index in [4.69, 9.17) is 27.9 Å². The average Bonchev–Trinajstić information content (AvgIpc) is 3.79. The van der Waals surface area contributed by atoms with Gasteiger partial charge in [-0.05, 0) is 90.2 Å². The zero-order valence-corrected chi connectivity index (χ0v) is 30.0. The maximum absolute atomic E-state index is 15.3. The van der Waals surface area contributed by atoms with Crippen molar-refractivity contribution in [1.29, 1.82) is 0 Å². The number of amides is 4. The third-order valence-corrected chi connectivity index (χ3v) is 12.5. The van der Waals surface area contributed by atoms with Crippen LogP contribution in [-0.4, -0.2) is 45.8 Å². The molecule has 1 saturated carbocycles. The number of imide groups is 2. The number of carbonyl (C=O) groups is 4. The number of hydrazine groups is 1. The van der Waals surface area contributed by atoms with E-state index in [2.05, 4.69) is 5.43 Å². The van der Waals surface area contributed by atoms with Crippen molar-refractivity contribution in [2.75, 3.05) is 12.5 Å². The Hall–Kier alpha value is -4.64. The highest BCUT2D eigenvalue weighted by molar-refractivity contribution is 7.09. The third-order valence-electron chi connectivity index (χ3n) is 11.1. The molecule has 2 aliphatic carbocycles. The molecule has 12 heteroatoms. The number of nitrogens with zero attached hydrogens (tertiary/aromatic N) is 2. The largest absolute Gasteiger partial charge is 0.508 e. The van der Waals surface area contributed by atoms with E-state index in [0.717, 1.165) is 15.5 Å². The van der Waals surface area contributed by atoms with Gasteiger partial charge in [0.15, 0.2) is 0 Å². The van der Waals surface area contributed by atoms with Crippen LogP contribution in [0.1, 0.15) is 40.3 Å². The second-order valence-corrected chi connectivity index (χ2v) is 15.5. The van der Waals surface area contributed by atoms with E-state index in [1.54, 1.807) is 50.4 Å². The molecule has 2 N–H and O–H groups in total. The summed E-state index contributed by atoms with van der Waals surface area (Å²) in [6, 6.07) is 20.9. The van der Waals surface area contributed by atoms with Gasteiger partial charge in [0.25, 0.3) is 11.8 Å². The van der Waals surface area contributed by atoms with Crippen molar-refractivity contribution in [3.05, 3.63) is 121 Å². The van der Waals surface area contributed by atoms with Gasteiger partial charge in [-0.3, -0.25) is 29.5 Å². The zero-order valence-electron chi connectivity index (χ0n) is 27.6. The number of benzene rings is 3. The maximum Gasteiger partial charge on any atom is 0.260 e. The molecule has 4 amide bonds. The maximum atomic E-state index is 15.3. The summed E-state index contributed by atoms with van der Waals surface area (Å²) in [4.78, 5) is 60.6. The first-order valence-corrected chi connectivity index (χ1v) is 18.3. The number of rotatable bonds is 7. The number of carbonyl (C=O) groups excluding carboxylic acids is 4. The van der Waals surface area contributed by atoms with Crippen molar-refractivity contribution in [3.63, 3.8) is 0 Å². The van der Waals surface area contributed by atoms with Gasteiger partial charge < -0.3 is 9.84 Å². The van der Waals surface area contributed by atoms with Crippen molar-refractivity contribution in [2.24, 2.45) is 23.7 Å². The molecule has 4 aliphatic rings. The van der Waals surface area contributed by atoms with Crippen molar-refractivity contribution < 1.29 is 29.0 Å². The number of phenolic OH excluding ortho intramolecular Hbond substituents is 1. The fraction of sp³-hybridized carbons (Fsp3) is 0.282. The number of anilines is 1. The van der Waals surface area contributed by atoms with E-state index >= 15 is 4.79 Å². The molecule has 0 bridgehead atoms. The fourth-order valence-electron chi connectivity index (χ4n) is 8.86. The van der Waals surface area contributed by atoms with Crippen LogP contribution >= 0.6 is 34.5 Å². The lowest BCUT2D eigenvalue weighted by atomic mass is 9.49. The number of allylic oxidation sites excluding steroid dienone is 2. The Morgan fingerprint density at radius 2 is 1.75 bits per heavy atom. The number of ether oxygens (including phenoxy) is 1. The number of aryl methyl sites for hydroxylation is 1. The van der Waals surface area contributed by atoms with Crippen LogP contribution in [0.3, 0.4) is 0 Å². The van der Waals surface area contributed by atoms with Crippen LogP contribution in [0.2, 0.25) is 10.0 Å². The minimum Gasteiger partial charge on any atom is -0.508 e. The van der Waals surface area contributed by atoms with Crippen LogP contribution in [0.25, 0.3) is 0 Å². The highest BCUT2D eigenvalue weighted by Gasteiger charge is 2.70. The summed E-state index contributed by atoms with van der Waals surface area (Å²) < 4.78 is 5.47. The summed E-state index contributed by atoms with van der Waals surface area (Å²) in [5.41, 5.74) is 4.59. The standard InChI is InChI=1S/C39H33Cl2N3O6S/c1-20-16-21(5-14-32(20)45)34-26-11-12-27-33(37(48)43(35(27)46)19-25-4-3-15-51-25)28(26)18-29-36(47)44(42-31-13-8-23(40)17-30(31)41)38(49)39(29,34)22-6-9-24(50-2)10-7-22/h3-11,13-17,27-29,33-34,42,45H,12,18-19H2,1-2H3. The van der Waals surface area contributed by atoms with Crippen molar-refractivity contribution in [2.45, 2.75) is 37.6 Å². The van der Waals surface area contributed by atoms with Gasteiger partial charge in [-0.25, -0.2) is 0 Å². The Morgan fingerprint density at radius 1 is 0.961 bits per heavy atom. The van der Waals surface area contributed by atoms with Crippen molar-refractivity contribution in [3.8, 4) is 11.5 Å². The molecular formula is C39H33Cl2N3O6S. The van der Waals surface area contributed by atoms with Gasteiger partial charge in [0.05, 0.1) is 47.5 Å². The van der Waals surface area contributed by atoms with Crippen LogP contribution in [0.4, 0.5) is 5.69 Å². The first-order chi connectivity index (χ1) is 24.5. The number of likely N-dealkylation sites (tertiary alicyclic amines) is 1. The average molecular weight is 743 g/mol. The number of phenols is 1. The fourth-order valence-corrected chi connectivity index (χ4v) is 10.00. The highest BCUT2D eigenvalue weighted by atomic mass is 35.5. The topological polar surface area (TPSA) is 116 Å². The van der Waals surface area contributed by atoms with E-state index < -0.39 is 46.8 Å². The van der Waals surface area contributed by atoms with Crippen LogP contribution in [0.15, 0.2) is 89.8 Å². The number of nitrogens with one attached hydrogen (secondary N) is 1. The van der Waals surface area contributed by atoms with Crippen LogP contribution < -0.4 is 10.2 Å². The first-order valence-electron chi connectivity index (χ1n) is 16.7. The SMILES string of the molecule is COc1ccc(C23C(=O)N(Nc4ccc(Cl)cc4Cl)C(=O)C2CC2C(=CCC4C(=O)N(Cc5cccs5)C(=O)C42)C3c2ccc(O)c(C)c2)cc1. The molecule has 2 aliphatic heterocycles. The molecular weight excluding hydrogens is 709 g/mol.